The summed E-state index contributed by atoms with van der Waals surface area (Å²) in [4.78, 5) is 15.8. The number of nitrogens with two attached hydrogens (primary N) is 1. The van der Waals surface area contributed by atoms with Crippen LogP contribution >= 0.6 is 11.6 Å². The van der Waals surface area contributed by atoms with Gasteiger partial charge in [-0.2, -0.15) is 0 Å². The third kappa shape index (κ3) is 3.72. The molecule has 2 aromatic rings. The molecule has 0 bridgehead atoms. The van der Waals surface area contributed by atoms with Crippen molar-refractivity contribution in [2.75, 3.05) is 12.3 Å². The number of nitrogens with one attached hydrogen (secondary N) is 1. The Labute approximate surface area is 116 Å². The average Bonchev–Trinajstić information content (AvgIpc) is 2.87. The Hall–Kier alpha value is -2.01. The number of halogens is 1. The van der Waals surface area contributed by atoms with Crippen LogP contribution in [0.2, 0.25) is 5.02 Å². The molecule has 1 amide bonds. The zero-order valence-electron chi connectivity index (χ0n) is 10.3. The van der Waals surface area contributed by atoms with E-state index in [1.165, 1.54) is 0 Å². The lowest BCUT2D eigenvalue weighted by Crippen LogP contribution is -2.25. The van der Waals surface area contributed by atoms with Gasteiger partial charge >= 0.3 is 0 Å². The molecule has 0 aliphatic carbocycles. The van der Waals surface area contributed by atoms with Crippen LogP contribution in [0.3, 0.4) is 0 Å². The summed E-state index contributed by atoms with van der Waals surface area (Å²) in [5, 5.41) is 3.19. The molecule has 0 aliphatic rings. The number of carbonyl (C=O) groups is 1. The molecular weight excluding hydrogens is 264 g/mol. The summed E-state index contributed by atoms with van der Waals surface area (Å²) in [6.45, 7) is 1.40. The number of hydrogen-bond donors (Lipinski definition) is 2. The summed E-state index contributed by atoms with van der Waals surface area (Å²) in [5.41, 5.74) is 6.56. The first-order valence-corrected chi connectivity index (χ1v) is 6.33. The van der Waals surface area contributed by atoms with Crippen molar-refractivity contribution in [2.24, 2.45) is 0 Å². The molecular formula is C13H15ClN4O. The smallest absolute Gasteiger partial charge is 0.252 e. The first-order chi connectivity index (χ1) is 9.16. The maximum absolute atomic E-state index is 11.9. The highest BCUT2D eigenvalue weighted by atomic mass is 35.5. The number of anilines is 1. The van der Waals surface area contributed by atoms with Gasteiger partial charge in [-0.25, -0.2) is 4.98 Å². The number of imidazole rings is 1. The topological polar surface area (TPSA) is 72.9 Å². The first-order valence-electron chi connectivity index (χ1n) is 5.96. The Balaban J connectivity index is 1.81. The summed E-state index contributed by atoms with van der Waals surface area (Å²) in [7, 11) is 0. The van der Waals surface area contributed by atoms with Crippen LogP contribution in [0.15, 0.2) is 36.9 Å². The Morgan fingerprint density at radius 3 is 3.00 bits per heavy atom. The van der Waals surface area contributed by atoms with Crippen molar-refractivity contribution in [3.8, 4) is 0 Å². The predicted octanol–water partition coefficient (Wildman–Crippen LogP) is 1.94. The summed E-state index contributed by atoms with van der Waals surface area (Å²) in [6, 6.07) is 4.86. The second-order valence-corrected chi connectivity index (χ2v) is 4.56. The van der Waals surface area contributed by atoms with Crippen LogP contribution in [0, 0.1) is 0 Å². The highest BCUT2D eigenvalue weighted by molar-refractivity contribution is 6.34. The van der Waals surface area contributed by atoms with Gasteiger partial charge in [0.2, 0.25) is 0 Å². The van der Waals surface area contributed by atoms with Crippen molar-refractivity contribution in [2.45, 2.75) is 13.0 Å². The SMILES string of the molecule is Nc1ccc(C(=O)NCCCn2ccnc2)c(Cl)c1. The maximum Gasteiger partial charge on any atom is 0.252 e. The van der Waals surface area contributed by atoms with E-state index >= 15 is 0 Å². The maximum atomic E-state index is 11.9. The molecule has 0 saturated carbocycles. The molecule has 0 fully saturated rings. The van der Waals surface area contributed by atoms with E-state index < -0.39 is 0 Å². The highest BCUT2D eigenvalue weighted by Crippen LogP contribution is 2.18. The Morgan fingerprint density at radius 1 is 1.47 bits per heavy atom. The van der Waals surface area contributed by atoms with Gasteiger partial charge in [0.1, 0.15) is 0 Å². The minimum atomic E-state index is -0.185. The fourth-order valence-corrected chi connectivity index (χ4v) is 1.97. The van der Waals surface area contributed by atoms with Crippen molar-refractivity contribution in [1.29, 1.82) is 0 Å². The monoisotopic (exact) mass is 278 g/mol. The zero-order chi connectivity index (χ0) is 13.7. The van der Waals surface area contributed by atoms with Crippen molar-refractivity contribution in [3.05, 3.63) is 47.5 Å². The van der Waals surface area contributed by atoms with Crippen molar-refractivity contribution in [1.82, 2.24) is 14.9 Å². The summed E-state index contributed by atoms with van der Waals surface area (Å²) in [6.07, 6.45) is 6.19. The number of nitrogens with zero attached hydrogens (tertiary/aromatic N) is 2. The highest BCUT2D eigenvalue weighted by Gasteiger charge is 2.09. The van der Waals surface area contributed by atoms with Gasteiger partial charge in [0.15, 0.2) is 0 Å². The van der Waals surface area contributed by atoms with E-state index in [1.54, 1.807) is 30.7 Å². The standard InChI is InChI=1S/C13H15ClN4O/c14-12-8-10(15)2-3-11(12)13(19)17-4-1-6-18-7-5-16-9-18/h2-3,5,7-9H,1,4,6,15H2,(H,17,19). The number of aromatic nitrogens is 2. The van der Waals surface area contributed by atoms with Crippen LogP contribution in [0.5, 0.6) is 0 Å². The third-order valence-electron chi connectivity index (χ3n) is 2.68. The van der Waals surface area contributed by atoms with Gasteiger partial charge in [0.25, 0.3) is 5.91 Å². The van der Waals surface area contributed by atoms with Gasteiger partial charge in [-0.3, -0.25) is 4.79 Å². The van der Waals surface area contributed by atoms with Gasteiger partial charge in [-0.15, -0.1) is 0 Å². The van der Waals surface area contributed by atoms with Gasteiger partial charge in [-0.05, 0) is 24.6 Å². The molecule has 6 heteroatoms. The second-order valence-electron chi connectivity index (χ2n) is 4.15. The normalized spacial score (nSPS) is 10.4. The van der Waals surface area contributed by atoms with E-state index in [4.69, 9.17) is 17.3 Å². The van der Waals surface area contributed by atoms with Crippen molar-refractivity contribution >= 4 is 23.2 Å². The molecule has 0 unspecified atom stereocenters. The number of aryl methyl sites for hydroxylation is 1. The lowest BCUT2D eigenvalue weighted by atomic mass is 10.2. The number of amides is 1. The summed E-state index contributed by atoms with van der Waals surface area (Å²) < 4.78 is 1.96. The van der Waals surface area contributed by atoms with Crippen LogP contribution in [0.25, 0.3) is 0 Å². The molecule has 1 heterocycles. The van der Waals surface area contributed by atoms with Crippen LogP contribution in [0.1, 0.15) is 16.8 Å². The number of nitrogen functional groups attached to an aromatic ring is 1. The molecule has 0 atom stereocenters. The van der Waals surface area contributed by atoms with Gasteiger partial charge in [0, 0.05) is 31.2 Å². The van der Waals surface area contributed by atoms with E-state index in [-0.39, 0.29) is 5.91 Å². The van der Waals surface area contributed by atoms with Crippen LogP contribution in [0.4, 0.5) is 5.69 Å². The Bertz CT molecular complexity index is 554. The minimum Gasteiger partial charge on any atom is -0.399 e. The average molecular weight is 279 g/mol. The van der Waals surface area contributed by atoms with E-state index in [2.05, 4.69) is 10.3 Å². The largest absolute Gasteiger partial charge is 0.399 e. The molecule has 0 spiro atoms. The van der Waals surface area contributed by atoms with E-state index in [0.29, 0.717) is 22.8 Å². The summed E-state index contributed by atoms with van der Waals surface area (Å²) in [5.74, 6) is -0.185. The van der Waals surface area contributed by atoms with Crippen LogP contribution < -0.4 is 11.1 Å². The van der Waals surface area contributed by atoms with Crippen molar-refractivity contribution < 1.29 is 4.79 Å². The molecule has 100 valence electrons. The molecule has 2 rings (SSSR count). The van der Waals surface area contributed by atoms with Gasteiger partial charge < -0.3 is 15.6 Å². The number of hydrogen-bond acceptors (Lipinski definition) is 3. The number of carbonyl (C=O) groups excluding carboxylic acids is 1. The quantitative estimate of drug-likeness (QED) is 0.648. The fourth-order valence-electron chi connectivity index (χ4n) is 1.69. The van der Waals surface area contributed by atoms with Crippen molar-refractivity contribution in [3.63, 3.8) is 0 Å². The fraction of sp³-hybridized carbons (Fsp3) is 0.231. The Morgan fingerprint density at radius 2 is 2.32 bits per heavy atom. The first kappa shape index (κ1) is 13.4. The molecule has 19 heavy (non-hydrogen) atoms. The molecule has 1 aromatic heterocycles. The zero-order valence-corrected chi connectivity index (χ0v) is 11.1. The lowest BCUT2D eigenvalue weighted by Gasteiger charge is -2.07. The van der Waals surface area contributed by atoms with Crippen LogP contribution in [-0.2, 0) is 6.54 Å². The molecule has 5 nitrogen and oxygen atoms in total. The van der Waals surface area contributed by atoms with Gasteiger partial charge in [-0.1, -0.05) is 11.6 Å². The van der Waals surface area contributed by atoms with E-state index in [0.717, 1.165) is 13.0 Å². The predicted molar refractivity (Wildman–Crippen MR) is 75.0 cm³/mol. The van der Waals surface area contributed by atoms with Gasteiger partial charge in [0.05, 0.1) is 16.9 Å². The molecule has 0 saturated heterocycles. The molecule has 0 radical (unpaired) electrons. The Kier molecular flexibility index (Phi) is 4.41. The van der Waals surface area contributed by atoms with Crippen LogP contribution in [-0.4, -0.2) is 22.0 Å². The summed E-state index contributed by atoms with van der Waals surface area (Å²) >= 11 is 5.97. The van der Waals surface area contributed by atoms with E-state index in [9.17, 15) is 4.79 Å². The van der Waals surface area contributed by atoms with E-state index in [1.807, 2.05) is 10.8 Å². The molecule has 0 aliphatic heterocycles. The lowest BCUT2D eigenvalue weighted by molar-refractivity contribution is 0.0953. The minimum absolute atomic E-state index is 0.185. The molecule has 3 N–H and O–H groups in total. The number of rotatable bonds is 5. The molecule has 1 aromatic carbocycles. The number of benzene rings is 1. The third-order valence-corrected chi connectivity index (χ3v) is 2.99. The second kappa shape index (κ2) is 6.24.